The molecule has 276 valence electrons. The molecule has 0 spiro atoms. The average Bonchev–Trinajstić information content (AvgIpc) is 3.86. The van der Waals surface area contributed by atoms with Gasteiger partial charge in [0.1, 0.15) is 11.2 Å². The molecule has 12 rings (SSSR count). The number of rotatable bonds is 5. The van der Waals surface area contributed by atoms with Gasteiger partial charge in [0.05, 0.1) is 18.5 Å². The lowest BCUT2D eigenvalue weighted by atomic mass is 9.94. The molecule has 3 unspecified atom stereocenters. The number of thiophene rings is 1. The molecule has 1 saturated heterocycles. The van der Waals surface area contributed by atoms with Crippen molar-refractivity contribution in [3.8, 4) is 22.3 Å². The summed E-state index contributed by atoms with van der Waals surface area (Å²) in [6.07, 6.45) is -0.275. The summed E-state index contributed by atoms with van der Waals surface area (Å²) >= 11 is 1.86. The third-order valence-corrected chi connectivity index (χ3v) is 13.1. The molecule has 3 atom stereocenters. The zero-order chi connectivity index (χ0) is 38.2. The number of benzene rings is 9. The lowest BCUT2D eigenvalue weighted by Gasteiger charge is -2.39. The van der Waals surface area contributed by atoms with Crippen molar-refractivity contribution in [1.29, 1.82) is 0 Å². The first-order valence-corrected chi connectivity index (χ1v) is 20.7. The highest BCUT2D eigenvalue weighted by molar-refractivity contribution is 7.25. The van der Waals surface area contributed by atoms with Gasteiger partial charge in [0.25, 0.3) is 0 Å². The number of furan rings is 1. The fraction of sp³-hybridized carbons (Fsp3) is 0.0566. The second kappa shape index (κ2) is 13.5. The summed E-state index contributed by atoms with van der Waals surface area (Å²) in [5.74, 6) is 0. The van der Waals surface area contributed by atoms with Crippen molar-refractivity contribution in [1.82, 2.24) is 16.0 Å². The van der Waals surface area contributed by atoms with E-state index in [1.165, 1.54) is 69.5 Å². The SMILES string of the molecule is c1ccc2cc(C3NC(c4ccc(-c5cccc6oc7ccc(-c8cccc9ccccc89)cc7c56)cc4)NC(c4ccc5c(c4)sc4ccccc45)N3)ccc2c1. The lowest BCUT2D eigenvalue weighted by molar-refractivity contribution is 0.203. The van der Waals surface area contributed by atoms with Gasteiger partial charge in [-0.2, -0.15) is 0 Å². The van der Waals surface area contributed by atoms with E-state index in [9.17, 15) is 0 Å². The first-order valence-electron chi connectivity index (χ1n) is 19.9. The van der Waals surface area contributed by atoms with Gasteiger partial charge in [-0.3, -0.25) is 16.0 Å². The van der Waals surface area contributed by atoms with Crippen LogP contribution in [0.3, 0.4) is 0 Å². The van der Waals surface area contributed by atoms with Crippen molar-refractivity contribution in [3.63, 3.8) is 0 Å². The fourth-order valence-corrected chi connectivity index (χ4v) is 10.3. The summed E-state index contributed by atoms with van der Waals surface area (Å²) in [4.78, 5) is 0. The molecule has 1 fully saturated rings. The van der Waals surface area contributed by atoms with Gasteiger partial charge >= 0.3 is 0 Å². The Morgan fingerprint density at radius 2 is 0.983 bits per heavy atom. The maximum absolute atomic E-state index is 6.46. The van der Waals surface area contributed by atoms with Gasteiger partial charge in [0.2, 0.25) is 0 Å². The molecule has 2 aromatic heterocycles. The van der Waals surface area contributed by atoms with E-state index in [1.807, 2.05) is 11.3 Å². The smallest absolute Gasteiger partial charge is 0.136 e. The summed E-state index contributed by atoms with van der Waals surface area (Å²) < 4.78 is 9.08. The van der Waals surface area contributed by atoms with Crippen molar-refractivity contribution in [2.75, 3.05) is 0 Å². The normalized spacial score (nSPS) is 17.3. The monoisotopic (exact) mass is 763 g/mol. The average molecular weight is 764 g/mol. The maximum atomic E-state index is 6.46. The van der Waals surface area contributed by atoms with E-state index in [-0.39, 0.29) is 18.5 Å². The van der Waals surface area contributed by atoms with Crippen LogP contribution in [-0.2, 0) is 0 Å². The van der Waals surface area contributed by atoms with Crippen molar-refractivity contribution < 1.29 is 4.42 Å². The van der Waals surface area contributed by atoms with E-state index in [0.717, 1.165) is 33.1 Å². The third kappa shape index (κ3) is 5.63. The number of hydrogen-bond donors (Lipinski definition) is 3. The first kappa shape index (κ1) is 33.5. The van der Waals surface area contributed by atoms with Crippen LogP contribution in [0, 0.1) is 0 Å². The highest BCUT2D eigenvalue weighted by Crippen LogP contribution is 2.41. The van der Waals surface area contributed by atoms with E-state index < -0.39 is 0 Å². The molecule has 0 amide bonds. The minimum absolute atomic E-state index is 0.0828. The summed E-state index contributed by atoms with van der Waals surface area (Å²) in [5, 5.41) is 21.6. The van der Waals surface area contributed by atoms with Crippen LogP contribution in [-0.4, -0.2) is 0 Å². The summed E-state index contributed by atoms with van der Waals surface area (Å²) in [5.41, 5.74) is 10.1. The van der Waals surface area contributed by atoms with Crippen molar-refractivity contribution in [2.45, 2.75) is 18.5 Å². The summed E-state index contributed by atoms with van der Waals surface area (Å²) in [7, 11) is 0. The highest BCUT2D eigenvalue weighted by atomic mass is 32.1. The van der Waals surface area contributed by atoms with Crippen LogP contribution in [0.15, 0.2) is 192 Å². The molecule has 5 heteroatoms. The molecule has 0 aliphatic carbocycles. The first-order chi connectivity index (χ1) is 28.7. The topological polar surface area (TPSA) is 49.2 Å². The molecule has 9 aromatic carbocycles. The summed E-state index contributed by atoms with van der Waals surface area (Å²) in [6, 6.07) is 68.1. The van der Waals surface area contributed by atoms with Crippen LogP contribution in [0.25, 0.3) is 85.9 Å². The van der Waals surface area contributed by atoms with Crippen LogP contribution in [0.5, 0.6) is 0 Å². The Morgan fingerprint density at radius 1 is 0.362 bits per heavy atom. The second-order valence-corrected chi connectivity index (χ2v) is 16.5. The Morgan fingerprint density at radius 3 is 1.84 bits per heavy atom. The van der Waals surface area contributed by atoms with Crippen LogP contribution >= 0.6 is 11.3 Å². The van der Waals surface area contributed by atoms with Crippen LogP contribution in [0.1, 0.15) is 35.2 Å². The third-order valence-electron chi connectivity index (χ3n) is 12.0. The molecule has 0 saturated carbocycles. The molecule has 0 bridgehead atoms. The van der Waals surface area contributed by atoms with Gasteiger partial charge in [0, 0.05) is 30.9 Å². The fourth-order valence-electron chi connectivity index (χ4n) is 9.10. The van der Waals surface area contributed by atoms with Crippen molar-refractivity contribution in [2.24, 2.45) is 0 Å². The predicted molar refractivity (Wildman–Crippen MR) is 243 cm³/mol. The number of nitrogens with one attached hydrogen (secondary N) is 3. The molecule has 4 nitrogen and oxygen atoms in total. The Labute approximate surface area is 339 Å². The van der Waals surface area contributed by atoms with Crippen LogP contribution in [0.2, 0.25) is 0 Å². The van der Waals surface area contributed by atoms with Gasteiger partial charge in [-0.1, -0.05) is 152 Å². The molecule has 3 N–H and O–H groups in total. The Hall–Kier alpha value is -6.60. The molecule has 1 aliphatic rings. The Kier molecular flexibility index (Phi) is 7.81. The molecule has 0 radical (unpaired) electrons. The zero-order valence-corrected chi connectivity index (χ0v) is 32.3. The van der Waals surface area contributed by atoms with Gasteiger partial charge in [-0.05, 0) is 96.9 Å². The van der Waals surface area contributed by atoms with Gasteiger partial charge < -0.3 is 4.42 Å². The van der Waals surface area contributed by atoms with Gasteiger partial charge in [-0.25, -0.2) is 0 Å². The van der Waals surface area contributed by atoms with Gasteiger partial charge in [0.15, 0.2) is 0 Å². The van der Waals surface area contributed by atoms with E-state index in [4.69, 9.17) is 4.42 Å². The molecule has 11 aromatic rings. The van der Waals surface area contributed by atoms with E-state index in [2.05, 4.69) is 204 Å². The molecular formula is C53H37N3OS. The predicted octanol–water partition coefficient (Wildman–Crippen LogP) is 13.8. The largest absolute Gasteiger partial charge is 0.456 e. The van der Waals surface area contributed by atoms with Crippen molar-refractivity contribution in [3.05, 3.63) is 205 Å². The molecule has 1 aliphatic heterocycles. The van der Waals surface area contributed by atoms with E-state index in [0.29, 0.717) is 0 Å². The molecular weight excluding hydrogens is 727 g/mol. The van der Waals surface area contributed by atoms with E-state index >= 15 is 0 Å². The standard InChI is InChI=1S/C53H37N3OS/c1-2-11-36-29-38(24-19-32(36)9-1)52-54-51(55-53(56-52)39-25-27-44-43-14-5-6-18-48(43)58-49(44)31-39)35-22-20-34(21-23-35)42-16-8-17-47-50(42)45-30-37(26-28-46(45)57-47)41-15-7-12-33-10-3-4-13-40(33)41/h1-31,51-56H. The zero-order valence-electron chi connectivity index (χ0n) is 31.4. The minimum atomic E-state index is -0.108. The maximum Gasteiger partial charge on any atom is 0.136 e. The second-order valence-electron chi connectivity index (χ2n) is 15.4. The Bertz CT molecular complexity index is 3360. The lowest BCUT2D eigenvalue weighted by Crippen LogP contribution is -2.54. The molecule has 58 heavy (non-hydrogen) atoms. The Balaban J connectivity index is 0.917. The number of fused-ring (bicyclic) bond motifs is 8. The number of hydrogen-bond acceptors (Lipinski definition) is 5. The van der Waals surface area contributed by atoms with E-state index in [1.54, 1.807) is 0 Å². The molecule has 3 heterocycles. The van der Waals surface area contributed by atoms with Crippen LogP contribution < -0.4 is 16.0 Å². The van der Waals surface area contributed by atoms with Crippen LogP contribution in [0.4, 0.5) is 0 Å². The highest BCUT2D eigenvalue weighted by Gasteiger charge is 2.30. The van der Waals surface area contributed by atoms with Gasteiger partial charge in [-0.15, -0.1) is 11.3 Å². The van der Waals surface area contributed by atoms with Crippen molar-refractivity contribution >= 4 is 75.0 Å². The quantitative estimate of drug-likeness (QED) is 0.163. The summed E-state index contributed by atoms with van der Waals surface area (Å²) in [6.45, 7) is 0. The minimum Gasteiger partial charge on any atom is -0.456 e.